The van der Waals surface area contributed by atoms with Gasteiger partial charge in [-0.05, 0) is 67.6 Å². The van der Waals surface area contributed by atoms with E-state index in [2.05, 4.69) is 15.8 Å². The van der Waals surface area contributed by atoms with E-state index in [0.717, 1.165) is 29.7 Å². The van der Waals surface area contributed by atoms with Crippen molar-refractivity contribution in [1.82, 2.24) is 5.43 Å². The largest absolute Gasteiger partial charge is 0.465 e. The molecule has 9 nitrogen and oxygen atoms in total. The summed E-state index contributed by atoms with van der Waals surface area (Å²) in [5, 5.41) is 7.09. The maximum Gasteiger partial charge on any atom is 0.343 e. The Balaban J connectivity index is 1.41. The van der Waals surface area contributed by atoms with Gasteiger partial charge in [-0.25, -0.2) is 15.0 Å². The molecular weight excluding hydrogens is 518 g/mol. The van der Waals surface area contributed by atoms with E-state index < -0.39 is 23.8 Å². The quantitative estimate of drug-likeness (QED) is 0.158. The first-order valence-electron chi connectivity index (χ1n) is 11.3. The Morgan fingerprint density at radius 2 is 1.70 bits per heavy atom. The van der Waals surface area contributed by atoms with Crippen molar-refractivity contribution in [2.45, 2.75) is 25.7 Å². The third-order valence-corrected chi connectivity index (χ3v) is 7.02. The van der Waals surface area contributed by atoms with E-state index in [9.17, 15) is 19.2 Å². The van der Waals surface area contributed by atoms with Gasteiger partial charge >= 0.3 is 23.8 Å². The number of nitrogens with zero attached hydrogens (tertiary/aromatic N) is 1. The molecule has 190 valence electrons. The van der Waals surface area contributed by atoms with Gasteiger partial charge in [0.1, 0.15) is 10.8 Å². The van der Waals surface area contributed by atoms with E-state index in [4.69, 9.17) is 21.1 Å². The van der Waals surface area contributed by atoms with Crippen LogP contribution in [0.25, 0.3) is 0 Å². The third kappa shape index (κ3) is 6.22. The Labute approximate surface area is 221 Å². The Kier molecular flexibility index (Phi) is 8.32. The summed E-state index contributed by atoms with van der Waals surface area (Å²) >= 11 is 7.12. The minimum atomic E-state index is -1.03. The number of esters is 2. The van der Waals surface area contributed by atoms with Gasteiger partial charge in [0.25, 0.3) is 0 Å². The Morgan fingerprint density at radius 1 is 0.973 bits per heavy atom. The molecule has 1 heterocycles. The van der Waals surface area contributed by atoms with Gasteiger partial charge in [-0.2, -0.15) is 5.10 Å². The van der Waals surface area contributed by atoms with Crippen LogP contribution in [0.3, 0.4) is 0 Å². The molecule has 1 aliphatic rings. The second-order valence-corrected chi connectivity index (χ2v) is 9.54. The molecule has 0 atom stereocenters. The molecule has 0 fully saturated rings. The van der Waals surface area contributed by atoms with E-state index in [0.29, 0.717) is 28.1 Å². The number of hydrazone groups is 1. The number of amides is 2. The second kappa shape index (κ2) is 11.8. The van der Waals surface area contributed by atoms with Gasteiger partial charge in [-0.15, -0.1) is 11.3 Å². The number of hydrogen-bond donors (Lipinski definition) is 2. The molecule has 2 N–H and O–H groups in total. The maximum absolute atomic E-state index is 12.5. The number of fused-ring (bicyclic) bond motifs is 1. The van der Waals surface area contributed by atoms with Crippen LogP contribution in [0.4, 0.5) is 5.00 Å². The molecule has 1 aliphatic carbocycles. The number of nitrogens with one attached hydrogen (secondary N) is 2. The fourth-order valence-corrected chi connectivity index (χ4v) is 5.17. The predicted octanol–water partition coefficient (Wildman–Crippen LogP) is 4.37. The topological polar surface area (TPSA) is 123 Å². The smallest absolute Gasteiger partial charge is 0.343 e. The molecule has 1 aromatic heterocycles. The number of benzene rings is 2. The lowest BCUT2D eigenvalue weighted by molar-refractivity contribution is -0.136. The lowest BCUT2D eigenvalue weighted by Crippen LogP contribution is -2.32. The van der Waals surface area contributed by atoms with Crippen LogP contribution in [0.1, 0.15) is 49.6 Å². The van der Waals surface area contributed by atoms with Crippen LogP contribution in [-0.4, -0.2) is 37.1 Å². The maximum atomic E-state index is 12.5. The van der Waals surface area contributed by atoms with E-state index in [-0.39, 0.29) is 10.8 Å². The lowest BCUT2D eigenvalue weighted by Gasteiger charge is -2.11. The summed E-state index contributed by atoms with van der Waals surface area (Å²) < 4.78 is 10.3. The standard InChI is InChI=1S/C26H22ClN3O6S/c1-35-26(34)21-18-7-3-5-9-20(18)37-24(21)29-22(31)23(32)30-28-14-16-6-2-4-8-19(16)36-25(33)15-10-12-17(27)13-11-15/h2,4,6,8,10-14H,3,5,7,9H2,1H3,(H,29,31)(H,30,32). The van der Waals surface area contributed by atoms with Crippen LogP contribution in [0.15, 0.2) is 53.6 Å². The van der Waals surface area contributed by atoms with E-state index in [1.165, 1.54) is 36.8 Å². The van der Waals surface area contributed by atoms with Crippen LogP contribution >= 0.6 is 22.9 Å². The average molecular weight is 540 g/mol. The van der Waals surface area contributed by atoms with Gasteiger partial charge in [-0.3, -0.25) is 9.59 Å². The number of rotatable bonds is 6. The number of carbonyl (C=O) groups excluding carboxylic acids is 4. The van der Waals surface area contributed by atoms with Gasteiger partial charge in [0.05, 0.1) is 24.5 Å². The number of aryl methyl sites for hydroxylation is 1. The molecule has 37 heavy (non-hydrogen) atoms. The number of para-hydroxylation sites is 1. The average Bonchev–Trinajstić information content (AvgIpc) is 3.27. The van der Waals surface area contributed by atoms with Gasteiger partial charge in [0.2, 0.25) is 0 Å². The van der Waals surface area contributed by atoms with Crippen molar-refractivity contribution in [3.8, 4) is 5.75 Å². The minimum Gasteiger partial charge on any atom is -0.465 e. The zero-order chi connectivity index (χ0) is 26.4. The number of halogens is 1. The molecular formula is C26H22ClN3O6S. The number of thiophene rings is 1. The summed E-state index contributed by atoms with van der Waals surface area (Å²) in [5.74, 6) is -2.96. The summed E-state index contributed by atoms with van der Waals surface area (Å²) in [4.78, 5) is 50.6. The molecule has 3 aromatic rings. The first-order valence-corrected chi connectivity index (χ1v) is 12.5. The molecule has 11 heteroatoms. The molecule has 0 saturated heterocycles. The van der Waals surface area contributed by atoms with Crippen LogP contribution in [0.5, 0.6) is 5.75 Å². The van der Waals surface area contributed by atoms with Crippen LogP contribution in [0, 0.1) is 0 Å². The predicted molar refractivity (Wildman–Crippen MR) is 140 cm³/mol. The molecule has 0 bridgehead atoms. The third-order valence-electron chi connectivity index (χ3n) is 5.57. The molecule has 0 spiro atoms. The molecule has 0 radical (unpaired) electrons. The van der Waals surface area contributed by atoms with Crippen molar-refractivity contribution < 1.29 is 28.7 Å². The van der Waals surface area contributed by atoms with E-state index in [1.807, 2.05) is 0 Å². The summed E-state index contributed by atoms with van der Waals surface area (Å²) in [6.07, 6.45) is 4.70. The van der Waals surface area contributed by atoms with Crippen molar-refractivity contribution in [3.63, 3.8) is 0 Å². The molecule has 2 amide bonds. The van der Waals surface area contributed by atoms with E-state index >= 15 is 0 Å². The lowest BCUT2D eigenvalue weighted by atomic mass is 9.95. The SMILES string of the molecule is COC(=O)c1c(NC(=O)C(=O)NN=Cc2ccccc2OC(=O)c2ccc(Cl)cc2)sc2c1CCCC2. The molecule has 0 unspecified atom stereocenters. The van der Waals surface area contributed by atoms with Crippen molar-refractivity contribution in [1.29, 1.82) is 0 Å². The monoisotopic (exact) mass is 539 g/mol. The molecule has 4 rings (SSSR count). The van der Waals surface area contributed by atoms with Crippen LogP contribution < -0.4 is 15.5 Å². The zero-order valence-corrected chi connectivity index (χ0v) is 21.3. The molecule has 0 saturated carbocycles. The van der Waals surface area contributed by atoms with Crippen molar-refractivity contribution >= 4 is 57.9 Å². The zero-order valence-electron chi connectivity index (χ0n) is 19.7. The Morgan fingerprint density at radius 3 is 2.46 bits per heavy atom. The number of ether oxygens (including phenoxy) is 2. The Bertz CT molecular complexity index is 1380. The summed E-state index contributed by atoms with van der Waals surface area (Å²) in [7, 11) is 1.27. The number of methoxy groups -OCH3 is 1. The van der Waals surface area contributed by atoms with Gasteiger partial charge < -0.3 is 14.8 Å². The highest BCUT2D eigenvalue weighted by Gasteiger charge is 2.28. The Hall–Kier alpha value is -4.02. The summed E-state index contributed by atoms with van der Waals surface area (Å²) in [5.41, 5.74) is 4.00. The number of hydrogen-bond acceptors (Lipinski definition) is 8. The summed E-state index contributed by atoms with van der Waals surface area (Å²) in [6, 6.07) is 12.8. The fourth-order valence-electron chi connectivity index (χ4n) is 3.77. The first kappa shape index (κ1) is 26.1. The highest BCUT2D eigenvalue weighted by atomic mass is 35.5. The van der Waals surface area contributed by atoms with Crippen molar-refractivity contribution in [2.75, 3.05) is 12.4 Å². The fraction of sp³-hybridized carbons (Fsp3) is 0.192. The van der Waals surface area contributed by atoms with Crippen LogP contribution in [-0.2, 0) is 27.2 Å². The number of carbonyl (C=O) groups is 4. The normalized spacial score (nSPS) is 12.5. The van der Waals surface area contributed by atoms with Gasteiger partial charge in [0.15, 0.2) is 0 Å². The van der Waals surface area contributed by atoms with Crippen molar-refractivity contribution in [3.05, 3.63) is 80.7 Å². The summed E-state index contributed by atoms with van der Waals surface area (Å²) in [6.45, 7) is 0. The van der Waals surface area contributed by atoms with E-state index in [1.54, 1.807) is 36.4 Å². The second-order valence-electron chi connectivity index (χ2n) is 7.99. The molecule has 0 aliphatic heterocycles. The van der Waals surface area contributed by atoms with Crippen LogP contribution in [0.2, 0.25) is 5.02 Å². The van der Waals surface area contributed by atoms with Crippen molar-refractivity contribution in [2.24, 2.45) is 5.10 Å². The first-order chi connectivity index (χ1) is 17.9. The van der Waals surface area contributed by atoms with Gasteiger partial charge in [0, 0.05) is 15.5 Å². The van der Waals surface area contributed by atoms with Gasteiger partial charge in [-0.1, -0.05) is 23.7 Å². The molecule has 2 aromatic carbocycles. The highest BCUT2D eigenvalue weighted by Crippen LogP contribution is 2.38. The number of anilines is 1. The minimum absolute atomic E-state index is 0.205. The highest BCUT2D eigenvalue weighted by molar-refractivity contribution is 7.17.